The van der Waals surface area contributed by atoms with Crippen LogP contribution in [0.15, 0.2) is 42.7 Å². The van der Waals surface area contributed by atoms with Gasteiger partial charge in [-0.1, -0.05) is 6.07 Å². The number of alkyl halides is 4. The number of fused-ring (bicyclic) bond motifs is 1. The third-order valence-corrected chi connectivity index (χ3v) is 4.70. The van der Waals surface area contributed by atoms with Gasteiger partial charge in [0.05, 0.1) is 16.6 Å². The van der Waals surface area contributed by atoms with Gasteiger partial charge < -0.3 is 9.72 Å². The van der Waals surface area contributed by atoms with Crippen molar-refractivity contribution in [3.63, 3.8) is 0 Å². The minimum atomic E-state index is -4.42. The Morgan fingerprint density at radius 2 is 2.07 bits per heavy atom. The maximum absolute atomic E-state index is 14.3. The van der Waals surface area contributed by atoms with Gasteiger partial charge >= 0.3 is 6.18 Å². The number of imidazole rings is 1. The van der Waals surface area contributed by atoms with Gasteiger partial charge in [-0.3, -0.25) is 9.88 Å². The number of ether oxygens (including phenoxy) is 1. The van der Waals surface area contributed by atoms with Crippen LogP contribution < -0.4 is 0 Å². The van der Waals surface area contributed by atoms with Crippen LogP contribution in [0.2, 0.25) is 0 Å². The summed E-state index contributed by atoms with van der Waals surface area (Å²) in [5.41, 5.74) is 0.928. The number of nitrogens with zero attached hydrogens (tertiary/aromatic N) is 3. The molecule has 0 radical (unpaired) electrons. The van der Waals surface area contributed by atoms with Gasteiger partial charge in [-0.15, -0.1) is 0 Å². The number of aromatic nitrogens is 3. The summed E-state index contributed by atoms with van der Waals surface area (Å²) >= 11 is 0. The lowest BCUT2D eigenvalue weighted by Crippen LogP contribution is -2.24. The van der Waals surface area contributed by atoms with E-state index in [0.29, 0.717) is 24.4 Å². The molecule has 0 aliphatic carbocycles. The highest BCUT2D eigenvalue weighted by atomic mass is 19.4. The molecule has 1 saturated heterocycles. The summed E-state index contributed by atoms with van der Waals surface area (Å²) < 4.78 is 58.3. The third kappa shape index (κ3) is 4.15. The molecule has 2 aromatic heterocycles. The third-order valence-electron chi connectivity index (χ3n) is 4.70. The predicted octanol–water partition coefficient (Wildman–Crippen LogP) is 3.72. The summed E-state index contributed by atoms with van der Waals surface area (Å²) in [6.45, 7) is 1.27. The SMILES string of the molecule is F[C@@H]1CN(Cc2cccnc2)C[C@@H]1OCc1nc2ccc(C(F)(F)F)cc2[nH]1. The smallest absolute Gasteiger partial charge is 0.366 e. The van der Waals surface area contributed by atoms with Gasteiger partial charge in [0.1, 0.15) is 24.7 Å². The minimum absolute atomic E-state index is 0.00184. The normalized spacial score (nSPS) is 20.9. The Balaban J connectivity index is 1.37. The van der Waals surface area contributed by atoms with E-state index in [2.05, 4.69) is 15.0 Å². The fourth-order valence-electron chi connectivity index (χ4n) is 3.34. The maximum Gasteiger partial charge on any atom is 0.416 e. The van der Waals surface area contributed by atoms with Gasteiger partial charge in [-0.2, -0.15) is 13.2 Å². The van der Waals surface area contributed by atoms with Crippen LogP contribution in [-0.4, -0.2) is 45.2 Å². The Bertz CT molecular complexity index is 944. The lowest BCUT2D eigenvalue weighted by molar-refractivity contribution is -0.137. The number of hydrogen-bond donors (Lipinski definition) is 1. The minimum Gasteiger partial charge on any atom is -0.366 e. The number of nitrogens with one attached hydrogen (secondary N) is 1. The molecule has 1 fully saturated rings. The van der Waals surface area contributed by atoms with Crippen molar-refractivity contribution in [2.24, 2.45) is 0 Å². The highest BCUT2D eigenvalue weighted by Gasteiger charge is 2.34. The summed E-state index contributed by atoms with van der Waals surface area (Å²) in [4.78, 5) is 13.0. The van der Waals surface area contributed by atoms with E-state index in [1.165, 1.54) is 6.07 Å². The van der Waals surface area contributed by atoms with Crippen LogP contribution in [-0.2, 0) is 24.1 Å². The van der Waals surface area contributed by atoms with Gasteiger partial charge in [0, 0.05) is 32.0 Å². The van der Waals surface area contributed by atoms with Crippen molar-refractivity contribution in [1.82, 2.24) is 19.9 Å². The van der Waals surface area contributed by atoms with E-state index in [0.717, 1.165) is 17.7 Å². The highest BCUT2D eigenvalue weighted by Crippen LogP contribution is 2.31. The predicted molar refractivity (Wildman–Crippen MR) is 94.1 cm³/mol. The van der Waals surface area contributed by atoms with Crippen molar-refractivity contribution in [3.8, 4) is 0 Å². The maximum atomic E-state index is 14.3. The Morgan fingerprint density at radius 3 is 2.82 bits per heavy atom. The summed E-state index contributed by atoms with van der Waals surface area (Å²) in [6.07, 6.45) is -2.75. The Kier molecular flexibility index (Phi) is 5.03. The van der Waals surface area contributed by atoms with E-state index in [4.69, 9.17) is 4.74 Å². The molecule has 0 spiro atoms. The summed E-state index contributed by atoms with van der Waals surface area (Å²) in [5, 5.41) is 0. The second-order valence-electron chi connectivity index (χ2n) is 6.83. The average molecular weight is 394 g/mol. The molecule has 9 heteroatoms. The fourth-order valence-corrected chi connectivity index (χ4v) is 3.34. The molecule has 1 N–H and O–H groups in total. The first kappa shape index (κ1) is 18.8. The first-order chi connectivity index (χ1) is 13.4. The number of hydrogen-bond acceptors (Lipinski definition) is 4. The van der Waals surface area contributed by atoms with Crippen molar-refractivity contribution in [2.75, 3.05) is 13.1 Å². The molecular weight excluding hydrogens is 376 g/mol. The van der Waals surface area contributed by atoms with Gasteiger partial charge in [0.25, 0.3) is 0 Å². The summed E-state index contributed by atoms with van der Waals surface area (Å²) in [7, 11) is 0. The summed E-state index contributed by atoms with van der Waals surface area (Å²) in [5.74, 6) is 0.368. The molecule has 3 heterocycles. The molecule has 0 unspecified atom stereocenters. The molecular formula is C19H18F4N4O. The molecule has 1 aromatic carbocycles. The molecule has 4 rings (SSSR count). The van der Waals surface area contributed by atoms with Crippen molar-refractivity contribution in [2.45, 2.75) is 31.6 Å². The van der Waals surface area contributed by atoms with Crippen LogP contribution in [0.4, 0.5) is 17.6 Å². The largest absolute Gasteiger partial charge is 0.416 e. The van der Waals surface area contributed by atoms with Crippen molar-refractivity contribution in [1.29, 1.82) is 0 Å². The van der Waals surface area contributed by atoms with Crippen molar-refractivity contribution in [3.05, 3.63) is 59.7 Å². The quantitative estimate of drug-likeness (QED) is 0.671. The number of likely N-dealkylation sites (tertiary alicyclic amines) is 1. The van der Waals surface area contributed by atoms with Crippen LogP contribution >= 0.6 is 0 Å². The van der Waals surface area contributed by atoms with E-state index in [9.17, 15) is 17.6 Å². The summed E-state index contributed by atoms with van der Waals surface area (Å²) in [6, 6.07) is 7.06. The van der Waals surface area contributed by atoms with Crippen molar-refractivity contribution < 1.29 is 22.3 Å². The molecule has 2 atom stereocenters. The van der Waals surface area contributed by atoms with E-state index in [1.807, 2.05) is 17.0 Å². The molecule has 0 amide bonds. The molecule has 1 aliphatic rings. The zero-order valence-corrected chi connectivity index (χ0v) is 14.8. The first-order valence-corrected chi connectivity index (χ1v) is 8.81. The number of benzene rings is 1. The van der Waals surface area contributed by atoms with E-state index < -0.39 is 24.0 Å². The van der Waals surface area contributed by atoms with E-state index in [1.54, 1.807) is 12.4 Å². The molecule has 1 aliphatic heterocycles. The molecule has 3 aromatic rings. The molecule has 28 heavy (non-hydrogen) atoms. The number of halogens is 4. The standard InChI is InChI=1S/C19H18F4N4O/c20-14-9-27(8-12-2-1-5-24-7-12)10-17(14)28-11-18-25-15-4-3-13(19(21,22)23)6-16(15)26-18/h1-7,14,17H,8-11H2,(H,25,26)/t14-,17+/m1/s1. The van der Waals surface area contributed by atoms with Gasteiger partial charge in [-0.05, 0) is 29.8 Å². The van der Waals surface area contributed by atoms with Gasteiger partial charge in [-0.25, -0.2) is 9.37 Å². The fraction of sp³-hybridized carbons (Fsp3) is 0.368. The molecule has 5 nitrogen and oxygen atoms in total. The number of pyridine rings is 1. The zero-order valence-electron chi connectivity index (χ0n) is 14.8. The monoisotopic (exact) mass is 394 g/mol. The topological polar surface area (TPSA) is 54.0 Å². The second-order valence-corrected chi connectivity index (χ2v) is 6.83. The zero-order chi connectivity index (χ0) is 19.7. The van der Waals surface area contributed by atoms with Crippen LogP contribution in [0, 0.1) is 0 Å². The number of rotatable bonds is 5. The van der Waals surface area contributed by atoms with Crippen LogP contribution in [0.1, 0.15) is 17.0 Å². The lowest BCUT2D eigenvalue weighted by atomic mass is 10.2. The van der Waals surface area contributed by atoms with Crippen LogP contribution in [0.25, 0.3) is 11.0 Å². The first-order valence-electron chi connectivity index (χ1n) is 8.81. The Hall–Kier alpha value is -2.52. The Labute approximate surface area is 158 Å². The molecule has 148 valence electrons. The van der Waals surface area contributed by atoms with Crippen molar-refractivity contribution >= 4 is 11.0 Å². The van der Waals surface area contributed by atoms with Crippen LogP contribution in [0.3, 0.4) is 0 Å². The molecule has 0 saturated carbocycles. The molecule has 0 bridgehead atoms. The van der Waals surface area contributed by atoms with E-state index in [-0.39, 0.29) is 18.7 Å². The number of aromatic amines is 1. The lowest BCUT2D eigenvalue weighted by Gasteiger charge is -2.15. The van der Waals surface area contributed by atoms with E-state index >= 15 is 0 Å². The van der Waals surface area contributed by atoms with Gasteiger partial charge in [0.2, 0.25) is 0 Å². The van der Waals surface area contributed by atoms with Gasteiger partial charge in [0.15, 0.2) is 0 Å². The second kappa shape index (κ2) is 7.48. The van der Waals surface area contributed by atoms with Crippen LogP contribution in [0.5, 0.6) is 0 Å². The Morgan fingerprint density at radius 1 is 1.21 bits per heavy atom. The highest BCUT2D eigenvalue weighted by molar-refractivity contribution is 5.76. The average Bonchev–Trinajstić information content (AvgIpc) is 3.22. The number of H-pyrrole nitrogens is 1.